The summed E-state index contributed by atoms with van der Waals surface area (Å²) in [4.78, 5) is 0. The molecule has 0 fully saturated rings. The summed E-state index contributed by atoms with van der Waals surface area (Å²) in [5.74, 6) is 0. The maximum atomic E-state index is 2.25. The van der Waals surface area contributed by atoms with Gasteiger partial charge in [-0.05, 0) is 0 Å². The zero-order valence-corrected chi connectivity index (χ0v) is 11.6. The summed E-state index contributed by atoms with van der Waals surface area (Å²) >= 11 is 0. The average molecular weight is 218 g/mol. The maximum Gasteiger partial charge on any atom is -0.0533 e. The van der Waals surface area contributed by atoms with Crippen molar-refractivity contribution in [3.63, 3.8) is 0 Å². The fourth-order valence-corrected chi connectivity index (χ4v) is 1.35. The normalized spacial score (nSPS) is 8.80. The van der Waals surface area contributed by atoms with E-state index in [1.165, 1.54) is 64.2 Å². The Kier molecular flexibility index (Phi) is 32.1. The van der Waals surface area contributed by atoms with Gasteiger partial charge in [-0.25, -0.2) is 0 Å². The highest BCUT2D eigenvalue weighted by Gasteiger charge is 1.80. The van der Waals surface area contributed by atoms with Crippen LogP contribution in [0, 0.1) is 0 Å². The smallest absolute Gasteiger partial charge is 0.0533 e. The molecule has 0 radical (unpaired) electrons. The van der Waals surface area contributed by atoms with E-state index in [2.05, 4.69) is 27.7 Å². The van der Waals surface area contributed by atoms with Crippen molar-refractivity contribution < 1.29 is 5.48 Å². The first-order valence-corrected chi connectivity index (χ1v) is 6.83. The van der Waals surface area contributed by atoms with Crippen LogP contribution in [0.4, 0.5) is 0 Å². The molecule has 1 heteroatoms. The largest absolute Gasteiger partial charge is 0.412 e. The number of rotatable bonds is 8. The van der Waals surface area contributed by atoms with Gasteiger partial charge in [0.05, 0.1) is 0 Å². The van der Waals surface area contributed by atoms with Crippen LogP contribution in [0.1, 0.15) is 91.9 Å². The van der Waals surface area contributed by atoms with Gasteiger partial charge in [-0.15, -0.1) is 0 Å². The highest BCUT2D eigenvalue weighted by atomic mass is 16.0. The molecule has 0 heterocycles. The second-order valence-electron chi connectivity index (χ2n) is 4.12. The van der Waals surface area contributed by atoms with E-state index in [1.54, 1.807) is 0 Å². The molecule has 0 aromatic carbocycles. The Bertz CT molecular complexity index is 53.7. The summed E-state index contributed by atoms with van der Waals surface area (Å²) in [5, 5.41) is 0. The van der Waals surface area contributed by atoms with E-state index in [1.807, 2.05) is 0 Å². The quantitative estimate of drug-likeness (QED) is 0.506. The van der Waals surface area contributed by atoms with Gasteiger partial charge in [-0.3, -0.25) is 0 Å². The van der Waals surface area contributed by atoms with Crippen LogP contribution in [0.2, 0.25) is 0 Å². The van der Waals surface area contributed by atoms with Crippen LogP contribution in [-0.2, 0) is 0 Å². The third kappa shape index (κ3) is 31.5. The van der Waals surface area contributed by atoms with Crippen molar-refractivity contribution in [1.29, 1.82) is 0 Å². The molecular formula is C14H34O. The minimum Gasteiger partial charge on any atom is -0.412 e. The van der Waals surface area contributed by atoms with Crippen LogP contribution in [0.3, 0.4) is 0 Å². The summed E-state index contributed by atoms with van der Waals surface area (Å²) in [6, 6.07) is 0. The first-order valence-electron chi connectivity index (χ1n) is 6.83. The topological polar surface area (TPSA) is 31.5 Å². The SMILES string of the molecule is CCCCCCC.CCCCCCC.O. The summed E-state index contributed by atoms with van der Waals surface area (Å²) in [6.07, 6.45) is 14.0. The molecule has 0 atom stereocenters. The predicted molar refractivity (Wildman–Crippen MR) is 72.5 cm³/mol. The molecule has 96 valence electrons. The minimum absolute atomic E-state index is 0. The van der Waals surface area contributed by atoms with Gasteiger partial charge < -0.3 is 5.48 Å². The molecular weight excluding hydrogens is 184 g/mol. The average Bonchev–Trinajstić information content (AvgIpc) is 2.21. The number of unbranched alkanes of at least 4 members (excludes halogenated alkanes) is 8. The Morgan fingerprint density at radius 3 is 0.733 bits per heavy atom. The molecule has 0 bridgehead atoms. The second kappa shape index (κ2) is 23.6. The number of hydrogen-bond donors (Lipinski definition) is 0. The monoisotopic (exact) mass is 218 g/mol. The molecule has 0 aliphatic rings. The van der Waals surface area contributed by atoms with Crippen molar-refractivity contribution in [2.75, 3.05) is 0 Å². The van der Waals surface area contributed by atoms with E-state index in [9.17, 15) is 0 Å². The molecule has 0 spiro atoms. The van der Waals surface area contributed by atoms with Crippen molar-refractivity contribution in [3.05, 3.63) is 0 Å². The van der Waals surface area contributed by atoms with Crippen LogP contribution < -0.4 is 0 Å². The maximum absolute atomic E-state index is 2.25. The summed E-state index contributed by atoms with van der Waals surface area (Å²) in [6.45, 7) is 8.98. The van der Waals surface area contributed by atoms with Crippen molar-refractivity contribution in [3.8, 4) is 0 Å². The molecule has 1 nitrogen and oxygen atoms in total. The van der Waals surface area contributed by atoms with Gasteiger partial charge in [-0.2, -0.15) is 0 Å². The molecule has 0 saturated carbocycles. The van der Waals surface area contributed by atoms with Gasteiger partial charge in [0, 0.05) is 0 Å². The lowest BCUT2D eigenvalue weighted by Gasteiger charge is -1.90. The minimum atomic E-state index is 0. The molecule has 0 aliphatic heterocycles. The molecule has 2 N–H and O–H groups in total. The fourth-order valence-electron chi connectivity index (χ4n) is 1.35. The highest BCUT2D eigenvalue weighted by Crippen LogP contribution is 2.00. The van der Waals surface area contributed by atoms with E-state index in [-0.39, 0.29) is 5.48 Å². The van der Waals surface area contributed by atoms with Crippen molar-refractivity contribution >= 4 is 0 Å². The van der Waals surface area contributed by atoms with Crippen LogP contribution in [0.25, 0.3) is 0 Å². The van der Waals surface area contributed by atoms with Crippen LogP contribution in [0.15, 0.2) is 0 Å². The van der Waals surface area contributed by atoms with E-state index >= 15 is 0 Å². The Hall–Kier alpha value is -0.0400. The van der Waals surface area contributed by atoms with Gasteiger partial charge in [0.1, 0.15) is 0 Å². The molecule has 0 aromatic heterocycles. The number of hydrogen-bond acceptors (Lipinski definition) is 0. The van der Waals surface area contributed by atoms with Crippen molar-refractivity contribution in [1.82, 2.24) is 0 Å². The van der Waals surface area contributed by atoms with E-state index in [0.29, 0.717) is 0 Å². The van der Waals surface area contributed by atoms with Gasteiger partial charge in [-0.1, -0.05) is 91.9 Å². The second-order valence-corrected chi connectivity index (χ2v) is 4.12. The standard InChI is InChI=1S/2C7H16.H2O/c2*1-3-5-7-6-4-2;/h2*3-7H2,1-2H3;1H2. The Morgan fingerprint density at radius 1 is 0.400 bits per heavy atom. The molecule has 0 amide bonds. The molecule has 0 aromatic rings. The molecule has 0 aliphatic carbocycles. The molecule has 0 rings (SSSR count). The third-order valence-electron chi connectivity index (χ3n) is 2.41. The molecule has 15 heavy (non-hydrogen) atoms. The fraction of sp³-hybridized carbons (Fsp3) is 1.00. The van der Waals surface area contributed by atoms with Gasteiger partial charge in [0.25, 0.3) is 0 Å². The van der Waals surface area contributed by atoms with Crippen LogP contribution in [0.5, 0.6) is 0 Å². The van der Waals surface area contributed by atoms with Gasteiger partial charge in [0.2, 0.25) is 0 Å². The summed E-state index contributed by atoms with van der Waals surface area (Å²) < 4.78 is 0. The first-order chi connectivity index (χ1) is 6.83. The molecule has 0 saturated heterocycles. The third-order valence-corrected chi connectivity index (χ3v) is 2.41. The zero-order chi connectivity index (χ0) is 11.1. The van der Waals surface area contributed by atoms with Crippen molar-refractivity contribution in [2.45, 2.75) is 91.9 Å². The predicted octanol–water partition coefficient (Wildman–Crippen LogP) is 5.13. The lowest BCUT2D eigenvalue weighted by Crippen LogP contribution is -1.70. The van der Waals surface area contributed by atoms with E-state index in [4.69, 9.17) is 0 Å². The zero-order valence-electron chi connectivity index (χ0n) is 11.6. The van der Waals surface area contributed by atoms with Gasteiger partial charge >= 0.3 is 0 Å². The first kappa shape index (κ1) is 20.4. The van der Waals surface area contributed by atoms with Crippen LogP contribution in [-0.4, -0.2) is 5.48 Å². The highest BCUT2D eigenvalue weighted by molar-refractivity contribution is 4.36. The van der Waals surface area contributed by atoms with Gasteiger partial charge in [0.15, 0.2) is 0 Å². The Balaban J connectivity index is -0.000000180. The van der Waals surface area contributed by atoms with Crippen LogP contribution >= 0.6 is 0 Å². The Labute approximate surface area is 98.0 Å². The summed E-state index contributed by atoms with van der Waals surface area (Å²) in [5.41, 5.74) is 0. The lowest BCUT2D eigenvalue weighted by molar-refractivity contribution is 0.656. The van der Waals surface area contributed by atoms with E-state index in [0.717, 1.165) is 0 Å². The van der Waals surface area contributed by atoms with Crippen molar-refractivity contribution in [2.24, 2.45) is 0 Å². The lowest BCUT2D eigenvalue weighted by atomic mass is 10.2. The summed E-state index contributed by atoms with van der Waals surface area (Å²) in [7, 11) is 0. The van der Waals surface area contributed by atoms with E-state index < -0.39 is 0 Å². The molecule has 0 unspecified atom stereocenters. The Morgan fingerprint density at radius 2 is 0.600 bits per heavy atom.